The molecule has 0 aliphatic carbocycles. The van der Waals surface area contributed by atoms with E-state index in [1.807, 2.05) is 18.2 Å². The summed E-state index contributed by atoms with van der Waals surface area (Å²) in [5.41, 5.74) is 0.592. The molecule has 1 fully saturated rings. The summed E-state index contributed by atoms with van der Waals surface area (Å²) in [7, 11) is 0. The minimum absolute atomic E-state index is 0.563. The number of hydrogen-bond donors (Lipinski definition) is 0. The number of nitrogens with zero attached hydrogens (tertiary/aromatic N) is 1. The molecular formula is C13H15NO2. The first kappa shape index (κ1) is 11.0. The first-order valence-electron chi connectivity index (χ1n) is 5.57. The molecule has 0 saturated carbocycles. The van der Waals surface area contributed by atoms with Crippen LogP contribution in [0.2, 0.25) is 0 Å². The zero-order valence-electron chi connectivity index (χ0n) is 9.19. The molecule has 1 aliphatic heterocycles. The van der Waals surface area contributed by atoms with E-state index in [1.165, 1.54) is 0 Å². The van der Waals surface area contributed by atoms with Crippen molar-refractivity contribution in [1.29, 1.82) is 0 Å². The molecule has 84 valence electrons. The third-order valence-corrected chi connectivity index (χ3v) is 2.80. The average molecular weight is 217 g/mol. The third kappa shape index (κ3) is 2.74. The van der Waals surface area contributed by atoms with Gasteiger partial charge < -0.3 is 9.47 Å². The number of hydrogen-bond acceptors (Lipinski definition) is 2. The van der Waals surface area contributed by atoms with E-state index in [-0.39, 0.29) is 0 Å². The Balaban J connectivity index is 1.91. The summed E-state index contributed by atoms with van der Waals surface area (Å²) < 4.78 is 11.0. The summed E-state index contributed by atoms with van der Waals surface area (Å²) in [5, 5.41) is 0. The van der Waals surface area contributed by atoms with Gasteiger partial charge in [0.15, 0.2) is 0 Å². The van der Waals surface area contributed by atoms with Crippen molar-refractivity contribution in [3.05, 3.63) is 35.7 Å². The fourth-order valence-electron chi connectivity index (χ4n) is 1.79. The quantitative estimate of drug-likeness (QED) is 0.726. The van der Waals surface area contributed by atoms with Crippen LogP contribution in [0, 0.1) is 12.5 Å². The van der Waals surface area contributed by atoms with Crippen LogP contribution in [0.25, 0.3) is 4.85 Å². The van der Waals surface area contributed by atoms with Crippen molar-refractivity contribution >= 4 is 5.69 Å². The predicted octanol–water partition coefficient (Wildman–Crippen LogP) is 3.04. The standard InChI is InChI=1S/C13H15NO2/c1-14-12-4-2-3-5-13(12)16-10-11-6-8-15-9-7-11/h2-5,11H,6-10H2. The fraction of sp³-hybridized carbons (Fsp3) is 0.462. The van der Waals surface area contributed by atoms with Gasteiger partial charge in [-0.1, -0.05) is 18.2 Å². The van der Waals surface area contributed by atoms with Crippen molar-refractivity contribution in [2.45, 2.75) is 12.8 Å². The molecule has 0 unspecified atom stereocenters. The van der Waals surface area contributed by atoms with Gasteiger partial charge in [0.1, 0.15) is 5.75 Å². The van der Waals surface area contributed by atoms with Crippen molar-refractivity contribution in [3.8, 4) is 5.75 Å². The zero-order valence-corrected chi connectivity index (χ0v) is 9.19. The van der Waals surface area contributed by atoms with Gasteiger partial charge in [0.25, 0.3) is 0 Å². The van der Waals surface area contributed by atoms with Crippen LogP contribution < -0.4 is 4.74 Å². The molecule has 3 nitrogen and oxygen atoms in total. The van der Waals surface area contributed by atoms with E-state index in [9.17, 15) is 0 Å². The highest BCUT2D eigenvalue weighted by Gasteiger charge is 2.14. The van der Waals surface area contributed by atoms with Gasteiger partial charge >= 0.3 is 0 Å². The molecule has 0 atom stereocenters. The van der Waals surface area contributed by atoms with Gasteiger partial charge in [0, 0.05) is 13.2 Å². The molecule has 0 N–H and O–H groups in total. The first-order valence-corrected chi connectivity index (χ1v) is 5.57. The second-order valence-electron chi connectivity index (χ2n) is 3.95. The summed E-state index contributed by atoms with van der Waals surface area (Å²) in [5.74, 6) is 1.26. The number of ether oxygens (including phenoxy) is 2. The summed E-state index contributed by atoms with van der Waals surface area (Å²) >= 11 is 0. The number of rotatable bonds is 3. The van der Waals surface area contributed by atoms with Gasteiger partial charge in [-0.05, 0) is 24.8 Å². The van der Waals surface area contributed by atoms with Crippen molar-refractivity contribution < 1.29 is 9.47 Å². The maximum Gasteiger partial charge on any atom is 0.228 e. The van der Waals surface area contributed by atoms with E-state index in [2.05, 4.69) is 4.85 Å². The van der Waals surface area contributed by atoms with Gasteiger partial charge in [-0.3, -0.25) is 0 Å². The molecule has 1 saturated heterocycles. The van der Waals surface area contributed by atoms with Crippen LogP contribution in [0.4, 0.5) is 5.69 Å². The van der Waals surface area contributed by atoms with Crippen LogP contribution >= 0.6 is 0 Å². The van der Waals surface area contributed by atoms with E-state index in [0.717, 1.165) is 26.1 Å². The Bertz CT molecular complexity index is 378. The SMILES string of the molecule is [C-]#[N+]c1ccccc1OCC1CCOCC1. The second kappa shape index (κ2) is 5.53. The molecule has 0 aromatic heterocycles. The largest absolute Gasteiger partial charge is 0.504 e. The molecule has 1 aliphatic rings. The Morgan fingerprint density at radius 3 is 2.81 bits per heavy atom. The highest BCUT2D eigenvalue weighted by molar-refractivity contribution is 5.56. The molecular weight excluding hydrogens is 202 g/mol. The molecule has 1 aromatic carbocycles. The normalized spacial score (nSPS) is 16.7. The van der Waals surface area contributed by atoms with Crippen LogP contribution in [0.1, 0.15) is 12.8 Å². The molecule has 2 rings (SSSR count). The zero-order chi connectivity index (χ0) is 11.2. The number of benzene rings is 1. The van der Waals surface area contributed by atoms with Crippen LogP contribution in [0.15, 0.2) is 24.3 Å². The molecule has 0 bridgehead atoms. The lowest BCUT2D eigenvalue weighted by molar-refractivity contribution is 0.0499. The summed E-state index contributed by atoms with van der Waals surface area (Å²) in [6, 6.07) is 7.39. The lowest BCUT2D eigenvalue weighted by Crippen LogP contribution is -2.21. The molecule has 1 aromatic rings. The minimum atomic E-state index is 0.563. The monoisotopic (exact) mass is 217 g/mol. The Morgan fingerprint density at radius 2 is 2.06 bits per heavy atom. The molecule has 0 radical (unpaired) electrons. The van der Waals surface area contributed by atoms with Crippen LogP contribution in [0.5, 0.6) is 5.75 Å². The van der Waals surface area contributed by atoms with Gasteiger partial charge in [-0.2, -0.15) is 0 Å². The van der Waals surface area contributed by atoms with Gasteiger partial charge in [-0.15, -0.1) is 0 Å². The van der Waals surface area contributed by atoms with Crippen molar-refractivity contribution in [1.82, 2.24) is 0 Å². The highest BCUT2D eigenvalue weighted by atomic mass is 16.5. The molecule has 1 heterocycles. The van der Waals surface area contributed by atoms with Gasteiger partial charge in [0.2, 0.25) is 5.69 Å². The minimum Gasteiger partial charge on any atom is -0.504 e. The van der Waals surface area contributed by atoms with Crippen LogP contribution in [-0.2, 0) is 4.74 Å². The second-order valence-corrected chi connectivity index (χ2v) is 3.95. The Morgan fingerprint density at radius 1 is 1.31 bits per heavy atom. The summed E-state index contributed by atoms with van der Waals surface area (Å²) in [6.45, 7) is 9.39. The first-order chi connectivity index (χ1) is 7.90. The topological polar surface area (TPSA) is 22.8 Å². The summed E-state index contributed by atoms with van der Waals surface area (Å²) in [6.07, 6.45) is 2.11. The average Bonchev–Trinajstić information content (AvgIpc) is 2.38. The molecule has 3 heteroatoms. The van der Waals surface area contributed by atoms with Crippen LogP contribution in [0.3, 0.4) is 0 Å². The van der Waals surface area contributed by atoms with E-state index in [0.29, 0.717) is 24.0 Å². The van der Waals surface area contributed by atoms with Crippen molar-refractivity contribution in [3.63, 3.8) is 0 Å². The molecule has 16 heavy (non-hydrogen) atoms. The maximum atomic E-state index is 7.03. The van der Waals surface area contributed by atoms with E-state index >= 15 is 0 Å². The van der Waals surface area contributed by atoms with Gasteiger partial charge in [0.05, 0.1) is 13.2 Å². The fourth-order valence-corrected chi connectivity index (χ4v) is 1.79. The van der Waals surface area contributed by atoms with E-state index < -0.39 is 0 Å². The predicted molar refractivity (Wildman–Crippen MR) is 61.7 cm³/mol. The summed E-state index contributed by atoms with van der Waals surface area (Å²) in [4.78, 5) is 3.43. The Kier molecular flexibility index (Phi) is 3.79. The highest BCUT2D eigenvalue weighted by Crippen LogP contribution is 2.27. The van der Waals surface area contributed by atoms with E-state index in [4.69, 9.17) is 16.0 Å². The Labute approximate surface area is 95.8 Å². The van der Waals surface area contributed by atoms with Crippen molar-refractivity contribution in [2.24, 2.45) is 5.92 Å². The lowest BCUT2D eigenvalue weighted by atomic mass is 10.0. The smallest absolute Gasteiger partial charge is 0.228 e. The van der Waals surface area contributed by atoms with Gasteiger partial charge in [-0.25, -0.2) is 4.85 Å². The third-order valence-electron chi connectivity index (χ3n) is 2.80. The maximum absolute atomic E-state index is 7.03. The molecule has 0 spiro atoms. The van der Waals surface area contributed by atoms with E-state index in [1.54, 1.807) is 6.07 Å². The Hall–Kier alpha value is -1.53. The number of para-hydroxylation sites is 2. The molecule has 0 amide bonds. The van der Waals surface area contributed by atoms with Crippen molar-refractivity contribution in [2.75, 3.05) is 19.8 Å². The lowest BCUT2D eigenvalue weighted by Gasteiger charge is -2.22. The van der Waals surface area contributed by atoms with Crippen LogP contribution in [-0.4, -0.2) is 19.8 Å².